The van der Waals surface area contributed by atoms with E-state index in [4.69, 9.17) is 0 Å². The van der Waals surface area contributed by atoms with Crippen LogP contribution in [0.4, 0.5) is 4.39 Å². The molecule has 1 aliphatic rings. The van der Waals surface area contributed by atoms with Gasteiger partial charge in [0.2, 0.25) is 0 Å². The Morgan fingerprint density at radius 1 is 1.44 bits per heavy atom. The Balaban J connectivity index is 2.07. The number of nitrogens with one attached hydrogen (secondary N) is 1. The van der Waals surface area contributed by atoms with Crippen LogP contribution in [0, 0.1) is 18.7 Å². The average molecular weight is 221 g/mol. The van der Waals surface area contributed by atoms with E-state index in [0.29, 0.717) is 0 Å². The topological polar surface area (TPSA) is 12.0 Å². The fourth-order valence-corrected chi connectivity index (χ4v) is 2.19. The molecule has 1 unspecified atom stereocenters. The molecule has 88 valence electrons. The zero-order chi connectivity index (χ0) is 11.5. The van der Waals surface area contributed by atoms with Crippen LogP contribution in [-0.4, -0.2) is 7.05 Å². The Kier molecular flexibility index (Phi) is 3.59. The minimum Gasteiger partial charge on any atom is -0.313 e. The number of hydrogen-bond acceptors (Lipinski definition) is 1. The predicted molar refractivity (Wildman–Crippen MR) is 64.9 cm³/mol. The Labute approximate surface area is 97.1 Å². The van der Waals surface area contributed by atoms with E-state index in [1.807, 2.05) is 26.1 Å². The lowest BCUT2D eigenvalue weighted by Crippen LogP contribution is -2.18. The van der Waals surface area contributed by atoms with Crippen molar-refractivity contribution in [1.29, 1.82) is 0 Å². The molecule has 2 heteroatoms. The molecule has 0 amide bonds. The molecule has 0 saturated heterocycles. The summed E-state index contributed by atoms with van der Waals surface area (Å²) in [7, 11) is 1.92. The molecule has 0 aromatic heterocycles. The van der Waals surface area contributed by atoms with Crippen LogP contribution in [0.15, 0.2) is 18.2 Å². The second-order valence-electron chi connectivity index (χ2n) is 4.89. The molecule has 1 atom stereocenters. The van der Waals surface area contributed by atoms with Gasteiger partial charge in [0.1, 0.15) is 5.82 Å². The first-order valence-electron chi connectivity index (χ1n) is 6.14. The van der Waals surface area contributed by atoms with Crippen LogP contribution in [0.2, 0.25) is 0 Å². The summed E-state index contributed by atoms with van der Waals surface area (Å²) >= 11 is 0. The molecule has 0 aliphatic heterocycles. The molecule has 0 spiro atoms. The van der Waals surface area contributed by atoms with Gasteiger partial charge in [0.15, 0.2) is 0 Å². The molecule has 16 heavy (non-hydrogen) atoms. The molecule has 1 fully saturated rings. The fraction of sp³-hybridized carbons (Fsp3) is 0.571. The second-order valence-corrected chi connectivity index (χ2v) is 4.89. The molecule has 1 aromatic rings. The Morgan fingerprint density at radius 2 is 2.19 bits per heavy atom. The highest BCUT2D eigenvalue weighted by Crippen LogP contribution is 2.36. The molecule has 1 N–H and O–H groups in total. The van der Waals surface area contributed by atoms with Crippen molar-refractivity contribution in [3.63, 3.8) is 0 Å². The monoisotopic (exact) mass is 221 g/mol. The standard InChI is InChI=1S/C14H20FN/c1-10-3-7-13(15)12(9-10)14(16-2)8-6-11-4-5-11/h3,7,9,11,14,16H,4-6,8H2,1-2H3. The van der Waals surface area contributed by atoms with Gasteiger partial charge in [0.05, 0.1) is 0 Å². The van der Waals surface area contributed by atoms with E-state index >= 15 is 0 Å². The second kappa shape index (κ2) is 4.96. The van der Waals surface area contributed by atoms with Gasteiger partial charge < -0.3 is 5.32 Å². The fourth-order valence-electron chi connectivity index (χ4n) is 2.19. The molecule has 1 nitrogen and oxygen atoms in total. The van der Waals surface area contributed by atoms with Crippen LogP contribution in [0.3, 0.4) is 0 Å². The lowest BCUT2D eigenvalue weighted by atomic mass is 9.98. The molecule has 0 heterocycles. The maximum absolute atomic E-state index is 13.7. The molecular formula is C14H20FN. The number of aryl methyl sites for hydroxylation is 1. The predicted octanol–water partition coefficient (Wildman–Crippen LogP) is 3.58. The van der Waals surface area contributed by atoms with Crippen molar-refractivity contribution in [1.82, 2.24) is 5.32 Å². The average Bonchev–Trinajstić information content (AvgIpc) is 3.07. The van der Waals surface area contributed by atoms with Crippen LogP contribution in [0.25, 0.3) is 0 Å². The first-order valence-corrected chi connectivity index (χ1v) is 6.14. The third-order valence-corrected chi connectivity index (χ3v) is 3.44. The number of rotatable bonds is 5. The number of benzene rings is 1. The van der Waals surface area contributed by atoms with Crippen molar-refractivity contribution < 1.29 is 4.39 Å². The molecule has 1 aromatic carbocycles. The van der Waals surface area contributed by atoms with Crippen molar-refractivity contribution >= 4 is 0 Å². The summed E-state index contributed by atoms with van der Waals surface area (Å²) in [5.41, 5.74) is 1.95. The maximum Gasteiger partial charge on any atom is 0.127 e. The van der Waals surface area contributed by atoms with E-state index in [2.05, 4.69) is 5.32 Å². The summed E-state index contributed by atoms with van der Waals surface area (Å²) in [6.45, 7) is 2.01. The molecule has 1 aliphatic carbocycles. The van der Waals surface area contributed by atoms with Gasteiger partial charge in [-0.15, -0.1) is 0 Å². The Morgan fingerprint density at radius 3 is 2.81 bits per heavy atom. The van der Waals surface area contributed by atoms with Gasteiger partial charge in [-0.1, -0.05) is 30.5 Å². The van der Waals surface area contributed by atoms with Crippen molar-refractivity contribution in [3.05, 3.63) is 35.1 Å². The minimum absolute atomic E-state index is 0.0826. The van der Waals surface area contributed by atoms with E-state index in [1.165, 1.54) is 19.3 Å². The highest BCUT2D eigenvalue weighted by Gasteiger charge is 2.23. The van der Waals surface area contributed by atoms with Gasteiger partial charge in [-0.2, -0.15) is 0 Å². The highest BCUT2D eigenvalue weighted by molar-refractivity contribution is 5.26. The zero-order valence-corrected chi connectivity index (χ0v) is 10.1. The van der Waals surface area contributed by atoms with Gasteiger partial charge in [-0.25, -0.2) is 4.39 Å². The Bertz CT molecular complexity index is 358. The summed E-state index contributed by atoms with van der Waals surface area (Å²) in [5.74, 6) is 0.824. The lowest BCUT2D eigenvalue weighted by Gasteiger charge is -2.17. The Hall–Kier alpha value is -0.890. The van der Waals surface area contributed by atoms with Gasteiger partial charge in [-0.05, 0) is 38.8 Å². The van der Waals surface area contributed by atoms with E-state index in [-0.39, 0.29) is 11.9 Å². The largest absolute Gasteiger partial charge is 0.313 e. The minimum atomic E-state index is -0.0826. The molecule has 1 saturated carbocycles. The normalized spacial score (nSPS) is 17.4. The van der Waals surface area contributed by atoms with Crippen LogP contribution < -0.4 is 5.32 Å². The highest BCUT2D eigenvalue weighted by atomic mass is 19.1. The number of halogens is 1. The summed E-state index contributed by atoms with van der Waals surface area (Å²) < 4.78 is 13.7. The van der Waals surface area contributed by atoms with Crippen molar-refractivity contribution in [3.8, 4) is 0 Å². The van der Waals surface area contributed by atoms with Crippen molar-refractivity contribution in [2.24, 2.45) is 5.92 Å². The molecule has 0 radical (unpaired) electrons. The lowest BCUT2D eigenvalue weighted by molar-refractivity contribution is 0.480. The molecule has 0 bridgehead atoms. The van der Waals surface area contributed by atoms with Crippen LogP contribution in [0.1, 0.15) is 42.9 Å². The smallest absolute Gasteiger partial charge is 0.127 e. The summed E-state index contributed by atoms with van der Waals surface area (Å²) in [6, 6.07) is 5.53. The van der Waals surface area contributed by atoms with E-state index in [1.54, 1.807) is 6.07 Å². The van der Waals surface area contributed by atoms with Gasteiger partial charge >= 0.3 is 0 Å². The quantitative estimate of drug-likeness (QED) is 0.801. The summed E-state index contributed by atoms with van der Waals surface area (Å²) in [5, 5.41) is 3.23. The molecule has 2 rings (SSSR count). The summed E-state index contributed by atoms with van der Waals surface area (Å²) in [4.78, 5) is 0. The third kappa shape index (κ3) is 2.82. The van der Waals surface area contributed by atoms with E-state index < -0.39 is 0 Å². The number of hydrogen-bond donors (Lipinski definition) is 1. The van der Waals surface area contributed by atoms with Crippen molar-refractivity contribution in [2.75, 3.05) is 7.05 Å². The van der Waals surface area contributed by atoms with Crippen LogP contribution >= 0.6 is 0 Å². The van der Waals surface area contributed by atoms with Crippen LogP contribution in [-0.2, 0) is 0 Å². The van der Waals surface area contributed by atoms with Crippen molar-refractivity contribution in [2.45, 2.75) is 38.6 Å². The SMILES string of the molecule is CNC(CCC1CC1)c1cc(C)ccc1F. The zero-order valence-electron chi connectivity index (χ0n) is 10.1. The molecular weight excluding hydrogens is 201 g/mol. The third-order valence-electron chi connectivity index (χ3n) is 3.44. The van der Waals surface area contributed by atoms with Gasteiger partial charge in [0.25, 0.3) is 0 Å². The van der Waals surface area contributed by atoms with E-state index in [9.17, 15) is 4.39 Å². The van der Waals surface area contributed by atoms with Gasteiger partial charge in [-0.3, -0.25) is 0 Å². The first-order chi connectivity index (χ1) is 7.70. The van der Waals surface area contributed by atoms with E-state index in [0.717, 1.165) is 23.5 Å². The van der Waals surface area contributed by atoms with Gasteiger partial charge in [0, 0.05) is 11.6 Å². The maximum atomic E-state index is 13.7. The summed E-state index contributed by atoms with van der Waals surface area (Å²) in [6.07, 6.45) is 5.00. The first kappa shape index (κ1) is 11.6. The van der Waals surface area contributed by atoms with Crippen LogP contribution in [0.5, 0.6) is 0 Å².